The third-order valence-corrected chi connectivity index (χ3v) is 4.42. The highest BCUT2D eigenvalue weighted by Gasteiger charge is 2.06. The summed E-state index contributed by atoms with van der Waals surface area (Å²) in [6.07, 6.45) is 4.26. The molecule has 0 atom stereocenters. The maximum Gasteiger partial charge on any atom is 0.269 e. The summed E-state index contributed by atoms with van der Waals surface area (Å²) in [5, 5.41) is 6.16. The van der Waals surface area contributed by atoms with Crippen LogP contribution in [0.15, 0.2) is 72.9 Å². The van der Waals surface area contributed by atoms with E-state index in [4.69, 9.17) is 0 Å². The molecule has 1 amide bonds. The minimum absolute atomic E-state index is 0.161. The van der Waals surface area contributed by atoms with Crippen molar-refractivity contribution in [1.82, 2.24) is 10.3 Å². The molecule has 144 valence electrons. The molecule has 3 rings (SSSR count). The Hall–Kier alpha value is -3.21. The fourth-order valence-corrected chi connectivity index (χ4v) is 2.86. The summed E-state index contributed by atoms with van der Waals surface area (Å²) < 4.78 is 12.9. The highest BCUT2D eigenvalue weighted by atomic mass is 19.1. The minimum atomic E-state index is -0.227. The van der Waals surface area contributed by atoms with E-state index in [2.05, 4.69) is 27.8 Å². The molecule has 28 heavy (non-hydrogen) atoms. The van der Waals surface area contributed by atoms with Crippen molar-refractivity contribution < 1.29 is 9.18 Å². The van der Waals surface area contributed by atoms with Crippen LogP contribution in [0.1, 0.15) is 28.0 Å². The molecule has 0 unspecified atom stereocenters. The average molecular weight is 377 g/mol. The molecule has 0 saturated heterocycles. The van der Waals surface area contributed by atoms with E-state index in [1.807, 2.05) is 24.3 Å². The molecule has 2 aromatic carbocycles. The second-order valence-electron chi connectivity index (χ2n) is 6.58. The van der Waals surface area contributed by atoms with Crippen molar-refractivity contribution in [2.75, 3.05) is 18.4 Å². The van der Waals surface area contributed by atoms with E-state index in [-0.39, 0.29) is 11.7 Å². The number of carbonyl (C=O) groups is 1. The SMILES string of the molecule is O=C(NCCCc1ccccc1)c1ccc(NCCc2ccc(F)cc2)cn1. The highest BCUT2D eigenvalue weighted by molar-refractivity contribution is 5.92. The number of aromatic nitrogens is 1. The number of pyridine rings is 1. The van der Waals surface area contributed by atoms with Crippen LogP contribution in [0.25, 0.3) is 0 Å². The lowest BCUT2D eigenvalue weighted by Crippen LogP contribution is -2.25. The highest BCUT2D eigenvalue weighted by Crippen LogP contribution is 2.08. The zero-order valence-electron chi connectivity index (χ0n) is 15.7. The Labute approximate surface area is 164 Å². The van der Waals surface area contributed by atoms with Crippen molar-refractivity contribution in [2.45, 2.75) is 19.3 Å². The van der Waals surface area contributed by atoms with E-state index in [0.717, 1.165) is 30.5 Å². The molecular weight excluding hydrogens is 353 g/mol. The lowest BCUT2D eigenvalue weighted by Gasteiger charge is -2.08. The minimum Gasteiger partial charge on any atom is -0.383 e. The number of halogens is 1. The zero-order chi connectivity index (χ0) is 19.6. The molecule has 3 aromatic rings. The summed E-state index contributed by atoms with van der Waals surface area (Å²) in [6.45, 7) is 1.32. The molecule has 0 aliphatic rings. The summed E-state index contributed by atoms with van der Waals surface area (Å²) in [7, 11) is 0. The van der Waals surface area contributed by atoms with Crippen molar-refractivity contribution in [3.8, 4) is 0 Å². The van der Waals surface area contributed by atoms with Crippen molar-refractivity contribution in [3.63, 3.8) is 0 Å². The standard InChI is InChI=1S/C23H24FN3O/c24-20-10-8-19(9-11-20)14-16-25-21-12-13-22(27-17-21)23(28)26-15-4-7-18-5-2-1-3-6-18/h1-3,5-6,8-13,17,25H,4,7,14-16H2,(H,26,28). The van der Waals surface area contributed by atoms with Gasteiger partial charge in [-0.05, 0) is 54.7 Å². The Bertz CT molecular complexity index is 865. The first-order valence-corrected chi connectivity index (χ1v) is 9.47. The maximum absolute atomic E-state index is 12.9. The van der Waals surface area contributed by atoms with Gasteiger partial charge in [0.1, 0.15) is 11.5 Å². The molecule has 1 heterocycles. The fourth-order valence-electron chi connectivity index (χ4n) is 2.86. The van der Waals surface area contributed by atoms with Crippen LogP contribution in [-0.2, 0) is 12.8 Å². The van der Waals surface area contributed by atoms with Crippen LogP contribution in [0.5, 0.6) is 0 Å². The van der Waals surface area contributed by atoms with Gasteiger partial charge >= 0.3 is 0 Å². The first kappa shape index (κ1) is 19.5. The number of aryl methyl sites for hydroxylation is 1. The van der Waals surface area contributed by atoms with Crippen molar-refractivity contribution in [1.29, 1.82) is 0 Å². The Morgan fingerprint density at radius 2 is 1.61 bits per heavy atom. The molecule has 0 fully saturated rings. The molecule has 0 saturated carbocycles. The summed E-state index contributed by atoms with van der Waals surface area (Å²) >= 11 is 0. The molecule has 4 nitrogen and oxygen atoms in total. The first-order chi connectivity index (χ1) is 13.7. The number of nitrogens with one attached hydrogen (secondary N) is 2. The Kier molecular flexibility index (Phi) is 7.13. The van der Waals surface area contributed by atoms with Gasteiger partial charge in [0.25, 0.3) is 5.91 Å². The van der Waals surface area contributed by atoms with E-state index in [0.29, 0.717) is 18.8 Å². The summed E-state index contributed by atoms with van der Waals surface area (Å²) in [6, 6.07) is 20.3. The van der Waals surface area contributed by atoms with Gasteiger partial charge in [-0.1, -0.05) is 42.5 Å². The quantitative estimate of drug-likeness (QED) is 0.549. The molecule has 2 N–H and O–H groups in total. The lowest BCUT2D eigenvalue weighted by molar-refractivity contribution is 0.0948. The number of benzene rings is 2. The van der Waals surface area contributed by atoms with Crippen molar-refractivity contribution in [3.05, 3.63) is 95.6 Å². The molecule has 5 heteroatoms. The van der Waals surface area contributed by atoms with E-state index >= 15 is 0 Å². The number of hydrogen-bond acceptors (Lipinski definition) is 3. The summed E-state index contributed by atoms with van der Waals surface area (Å²) in [5.41, 5.74) is 3.59. The van der Waals surface area contributed by atoms with Gasteiger partial charge in [-0.3, -0.25) is 4.79 Å². The molecule has 0 bridgehead atoms. The van der Waals surface area contributed by atoms with Gasteiger partial charge in [-0.2, -0.15) is 0 Å². The van der Waals surface area contributed by atoms with E-state index in [9.17, 15) is 9.18 Å². The predicted molar refractivity (Wildman–Crippen MR) is 110 cm³/mol. The van der Waals surface area contributed by atoms with Crippen LogP contribution in [0.3, 0.4) is 0 Å². The first-order valence-electron chi connectivity index (χ1n) is 9.47. The van der Waals surface area contributed by atoms with Gasteiger partial charge in [0.15, 0.2) is 0 Å². The summed E-state index contributed by atoms with van der Waals surface area (Å²) in [4.78, 5) is 16.4. The maximum atomic E-state index is 12.9. The molecule has 0 aliphatic heterocycles. The third-order valence-electron chi connectivity index (χ3n) is 4.42. The molecule has 1 aromatic heterocycles. The molecule has 0 radical (unpaired) electrons. The fraction of sp³-hybridized carbons (Fsp3) is 0.217. The zero-order valence-corrected chi connectivity index (χ0v) is 15.7. The Morgan fingerprint density at radius 1 is 0.857 bits per heavy atom. The second kappa shape index (κ2) is 10.2. The number of hydrogen-bond donors (Lipinski definition) is 2. The number of nitrogens with zero attached hydrogens (tertiary/aromatic N) is 1. The van der Waals surface area contributed by atoms with Crippen molar-refractivity contribution in [2.24, 2.45) is 0 Å². The normalized spacial score (nSPS) is 10.5. The largest absolute Gasteiger partial charge is 0.383 e. The van der Waals surface area contributed by atoms with Crippen LogP contribution in [0.2, 0.25) is 0 Å². The van der Waals surface area contributed by atoms with E-state index in [1.165, 1.54) is 17.7 Å². The van der Waals surface area contributed by atoms with Crippen LogP contribution in [0, 0.1) is 5.82 Å². The molecule has 0 spiro atoms. The number of rotatable bonds is 9. The number of amides is 1. The van der Waals surface area contributed by atoms with Crippen LogP contribution in [0.4, 0.5) is 10.1 Å². The van der Waals surface area contributed by atoms with Gasteiger partial charge in [-0.15, -0.1) is 0 Å². The summed E-state index contributed by atoms with van der Waals surface area (Å²) in [5.74, 6) is -0.388. The van der Waals surface area contributed by atoms with E-state index < -0.39 is 0 Å². The van der Waals surface area contributed by atoms with Gasteiger partial charge in [0.05, 0.1) is 11.9 Å². The van der Waals surface area contributed by atoms with Gasteiger partial charge in [0.2, 0.25) is 0 Å². The Morgan fingerprint density at radius 3 is 2.32 bits per heavy atom. The second-order valence-corrected chi connectivity index (χ2v) is 6.58. The number of anilines is 1. The number of carbonyl (C=O) groups excluding carboxylic acids is 1. The molecule has 0 aliphatic carbocycles. The van der Waals surface area contributed by atoms with Gasteiger partial charge in [0, 0.05) is 13.1 Å². The van der Waals surface area contributed by atoms with E-state index in [1.54, 1.807) is 24.4 Å². The average Bonchev–Trinajstić information content (AvgIpc) is 2.74. The van der Waals surface area contributed by atoms with Crippen LogP contribution < -0.4 is 10.6 Å². The van der Waals surface area contributed by atoms with Gasteiger partial charge < -0.3 is 10.6 Å². The topological polar surface area (TPSA) is 54.0 Å². The smallest absolute Gasteiger partial charge is 0.269 e. The molecular formula is C23H24FN3O. The van der Waals surface area contributed by atoms with Crippen LogP contribution in [-0.4, -0.2) is 24.0 Å². The lowest BCUT2D eigenvalue weighted by atomic mass is 10.1. The van der Waals surface area contributed by atoms with Crippen LogP contribution >= 0.6 is 0 Å². The predicted octanol–water partition coefficient (Wildman–Crippen LogP) is 4.24. The Balaban J connectivity index is 1.38. The van der Waals surface area contributed by atoms with Gasteiger partial charge in [-0.25, -0.2) is 9.37 Å². The van der Waals surface area contributed by atoms with Crippen molar-refractivity contribution >= 4 is 11.6 Å². The monoisotopic (exact) mass is 377 g/mol. The third kappa shape index (κ3) is 6.20.